The Morgan fingerprint density at radius 3 is 2.81 bits per heavy atom. The van der Waals surface area contributed by atoms with Crippen molar-refractivity contribution < 1.29 is 9.53 Å². The average molecular weight is 287 g/mol. The molecule has 6 heteroatoms. The third-order valence-corrected chi connectivity index (χ3v) is 2.93. The molecule has 0 fully saturated rings. The van der Waals surface area contributed by atoms with Gasteiger partial charge in [0, 0.05) is 13.1 Å². The van der Waals surface area contributed by atoms with E-state index in [0.29, 0.717) is 13.2 Å². The van der Waals surface area contributed by atoms with E-state index in [1.807, 2.05) is 31.2 Å². The van der Waals surface area contributed by atoms with E-state index in [1.54, 1.807) is 7.05 Å². The zero-order valence-electron chi connectivity index (χ0n) is 12.0. The number of nitrogens with zero attached hydrogens (tertiary/aromatic N) is 2. The molecule has 2 rings (SSSR count). The first-order chi connectivity index (χ1) is 10.1. The van der Waals surface area contributed by atoms with Crippen LogP contribution in [0.3, 0.4) is 0 Å². The van der Waals surface area contributed by atoms with Gasteiger partial charge in [-0.1, -0.05) is 12.1 Å². The van der Waals surface area contributed by atoms with Gasteiger partial charge in [0.15, 0.2) is 0 Å². The Morgan fingerprint density at radius 1 is 1.33 bits per heavy atom. The highest BCUT2D eigenvalue weighted by molar-refractivity contribution is 5.91. The number of amides is 1. The molecule has 1 amide bonds. The molecule has 0 saturated carbocycles. The van der Waals surface area contributed by atoms with E-state index < -0.39 is 0 Å². The lowest BCUT2D eigenvalue weighted by Gasteiger charge is -2.16. The molecular weight excluding hydrogens is 270 g/mol. The zero-order valence-corrected chi connectivity index (χ0v) is 12.0. The van der Waals surface area contributed by atoms with Gasteiger partial charge in [0.25, 0.3) is 11.5 Å². The van der Waals surface area contributed by atoms with Crippen LogP contribution in [0.2, 0.25) is 0 Å². The largest absolute Gasteiger partial charge is 0.492 e. The fraction of sp³-hybridized carbons (Fsp3) is 0.267. The van der Waals surface area contributed by atoms with Gasteiger partial charge < -0.3 is 9.64 Å². The van der Waals surface area contributed by atoms with Crippen molar-refractivity contribution in [2.75, 3.05) is 20.2 Å². The van der Waals surface area contributed by atoms with Crippen molar-refractivity contribution in [3.8, 4) is 5.75 Å². The molecule has 0 bridgehead atoms. The lowest BCUT2D eigenvalue weighted by Crippen LogP contribution is -2.32. The summed E-state index contributed by atoms with van der Waals surface area (Å²) in [5.41, 5.74) is 0.985. The van der Waals surface area contributed by atoms with Gasteiger partial charge in [-0.3, -0.25) is 9.59 Å². The molecule has 0 spiro atoms. The summed E-state index contributed by atoms with van der Waals surface area (Å²) in [5.74, 6) is 0.511. The van der Waals surface area contributed by atoms with Crippen molar-refractivity contribution in [2.24, 2.45) is 0 Å². The fourth-order valence-electron chi connectivity index (χ4n) is 1.77. The number of aryl methyl sites for hydroxylation is 1. The topological polar surface area (TPSA) is 75.3 Å². The number of ether oxygens (including phenoxy) is 1. The van der Waals surface area contributed by atoms with Crippen LogP contribution < -0.4 is 10.3 Å². The Bertz CT molecular complexity index is 661. The van der Waals surface area contributed by atoms with Crippen LogP contribution in [0.25, 0.3) is 0 Å². The van der Waals surface area contributed by atoms with E-state index in [2.05, 4.69) is 10.2 Å². The smallest absolute Gasteiger partial charge is 0.274 e. The van der Waals surface area contributed by atoms with E-state index in [0.717, 1.165) is 11.3 Å². The van der Waals surface area contributed by atoms with E-state index in [1.165, 1.54) is 17.0 Å². The molecule has 1 heterocycles. The Labute approximate surface area is 122 Å². The second-order valence-corrected chi connectivity index (χ2v) is 4.70. The first kappa shape index (κ1) is 14.8. The number of rotatable bonds is 5. The third-order valence-electron chi connectivity index (χ3n) is 2.93. The highest BCUT2D eigenvalue weighted by atomic mass is 16.5. The van der Waals surface area contributed by atoms with Gasteiger partial charge in [-0.25, -0.2) is 5.10 Å². The second-order valence-electron chi connectivity index (χ2n) is 4.70. The van der Waals surface area contributed by atoms with Crippen LogP contribution in [0.15, 0.2) is 41.2 Å². The predicted octanol–water partition coefficient (Wildman–Crippen LogP) is 1.23. The minimum absolute atomic E-state index is 0.202. The van der Waals surface area contributed by atoms with Crippen molar-refractivity contribution >= 4 is 5.91 Å². The van der Waals surface area contributed by atoms with Crippen molar-refractivity contribution in [3.63, 3.8) is 0 Å². The van der Waals surface area contributed by atoms with Gasteiger partial charge in [-0.2, -0.15) is 5.10 Å². The Hall–Kier alpha value is -2.63. The first-order valence-corrected chi connectivity index (χ1v) is 6.57. The summed E-state index contributed by atoms with van der Waals surface area (Å²) in [6.07, 6.45) is 0. The number of hydrogen-bond donors (Lipinski definition) is 1. The molecule has 21 heavy (non-hydrogen) atoms. The molecule has 0 aliphatic carbocycles. The maximum absolute atomic E-state index is 12.0. The molecule has 0 radical (unpaired) electrons. The minimum Gasteiger partial charge on any atom is -0.492 e. The number of carbonyl (C=O) groups excluding carboxylic acids is 1. The van der Waals surface area contributed by atoms with E-state index >= 15 is 0 Å². The molecule has 0 unspecified atom stereocenters. The highest BCUT2D eigenvalue weighted by Gasteiger charge is 2.13. The lowest BCUT2D eigenvalue weighted by atomic mass is 10.2. The number of nitrogens with one attached hydrogen (secondary N) is 1. The maximum atomic E-state index is 12.0. The number of aromatic nitrogens is 2. The van der Waals surface area contributed by atoms with Crippen LogP contribution in [0.5, 0.6) is 5.75 Å². The van der Waals surface area contributed by atoms with Gasteiger partial charge in [0.2, 0.25) is 0 Å². The van der Waals surface area contributed by atoms with Gasteiger partial charge in [-0.05, 0) is 30.7 Å². The number of benzene rings is 1. The van der Waals surface area contributed by atoms with Crippen LogP contribution in [-0.2, 0) is 0 Å². The number of H-pyrrole nitrogens is 1. The van der Waals surface area contributed by atoms with Gasteiger partial charge in [-0.15, -0.1) is 0 Å². The zero-order chi connectivity index (χ0) is 15.2. The average Bonchev–Trinajstić information content (AvgIpc) is 2.47. The van der Waals surface area contributed by atoms with Crippen LogP contribution in [-0.4, -0.2) is 41.2 Å². The molecule has 1 aromatic heterocycles. The van der Waals surface area contributed by atoms with E-state index in [-0.39, 0.29) is 17.2 Å². The number of likely N-dealkylation sites (N-methyl/N-ethyl adjacent to an activating group) is 1. The quantitative estimate of drug-likeness (QED) is 0.897. The molecule has 110 valence electrons. The standard InChI is InChI=1S/C15H17N3O3/c1-11-4-3-5-12(10-11)21-9-8-18(2)15(20)13-6-7-14(19)17-16-13/h3-7,10H,8-9H2,1-2H3,(H,17,19). The van der Waals surface area contributed by atoms with Gasteiger partial charge in [0.05, 0.1) is 6.54 Å². The SMILES string of the molecule is Cc1cccc(OCCN(C)C(=O)c2ccc(=O)[nH]n2)c1. The molecule has 6 nitrogen and oxygen atoms in total. The summed E-state index contributed by atoms with van der Waals surface area (Å²) >= 11 is 0. The molecule has 0 saturated heterocycles. The first-order valence-electron chi connectivity index (χ1n) is 6.57. The maximum Gasteiger partial charge on any atom is 0.274 e. The molecule has 1 aromatic carbocycles. The fourth-order valence-corrected chi connectivity index (χ4v) is 1.77. The van der Waals surface area contributed by atoms with Crippen molar-refractivity contribution in [3.05, 3.63) is 58.0 Å². The lowest BCUT2D eigenvalue weighted by molar-refractivity contribution is 0.0766. The molecular formula is C15H17N3O3. The van der Waals surface area contributed by atoms with Crippen molar-refractivity contribution in [2.45, 2.75) is 6.92 Å². The third kappa shape index (κ3) is 4.17. The van der Waals surface area contributed by atoms with Crippen LogP contribution in [0.4, 0.5) is 0 Å². The highest BCUT2D eigenvalue weighted by Crippen LogP contribution is 2.12. The molecule has 1 N–H and O–H groups in total. The van der Waals surface area contributed by atoms with Gasteiger partial charge in [0.1, 0.15) is 18.1 Å². The Balaban J connectivity index is 1.86. The number of carbonyl (C=O) groups is 1. The number of aromatic amines is 1. The van der Waals surface area contributed by atoms with Crippen LogP contribution in [0.1, 0.15) is 16.1 Å². The Morgan fingerprint density at radius 2 is 2.14 bits per heavy atom. The van der Waals surface area contributed by atoms with Crippen LogP contribution in [0, 0.1) is 6.92 Å². The molecule has 0 aliphatic heterocycles. The molecule has 0 aliphatic rings. The summed E-state index contributed by atoms with van der Waals surface area (Å²) in [7, 11) is 1.66. The summed E-state index contributed by atoms with van der Waals surface area (Å²) in [6.45, 7) is 2.80. The van der Waals surface area contributed by atoms with Crippen molar-refractivity contribution in [1.82, 2.24) is 15.1 Å². The monoisotopic (exact) mass is 287 g/mol. The normalized spacial score (nSPS) is 10.2. The summed E-state index contributed by atoms with van der Waals surface area (Å²) < 4.78 is 5.59. The summed E-state index contributed by atoms with van der Waals surface area (Å²) in [6, 6.07) is 10.4. The molecule has 2 aromatic rings. The Kier molecular flexibility index (Phi) is 4.71. The summed E-state index contributed by atoms with van der Waals surface area (Å²) in [5, 5.41) is 5.95. The number of hydrogen-bond acceptors (Lipinski definition) is 4. The van der Waals surface area contributed by atoms with Crippen LogP contribution >= 0.6 is 0 Å². The minimum atomic E-state index is -0.336. The van der Waals surface area contributed by atoms with Gasteiger partial charge >= 0.3 is 0 Å². The predicted molar refractivity (Wildman–Crippen MR) is 78.5 cm³/mol. The summed E-state index contributed by atoms with van der Waals surface area (Å²) in [4.78, 5) is 24.4. The van der Waals surface area contributed by atoms with E-state index in [9.17, 15) is 9.59 Å². The van der Waals surface area contributed by atoms with Crippen molar-refractivity contribution in [1.29, 1.82) is 0 Å². The second kappa shape index (κ2) is 6.69. The molecule has 0 atom stereocenters. The van der Waals surface area contributed by atoms with E-state index in [4.69, 9.17) is 4.74 Å².